The van der Waals surface area contributed by atoms with Crippen LogP contribution < -0.4 is 10.5 Å². The Morgan fingerprint density at radius 2 is 1.94 bits per heavy atom. The van der Waals surface area contributed by atoms with Crippen LogP contribution >= 0.6 is 24.0 Å². The summed E-state index contributed by atoms with van der Waals surface area (Å²) in [6.45, 7) is 4.40. The lowest BCUT2D eigenvalue weighted by Gasteiger charge is -2.29. The molecule has 162 valence electrons. The Balaban J connectivity index is 1.62. The molecule has 0 unspecified atom stereocenters. The summed E-state index contributed by atoms with van der Waals surface area (Å²) in [6.07, 6.45) is 7.70. The molecule has 0 atom stereocenters. The van der Waals surface area contributed by atoms with Crippen LogP contribution in [0.15, 0.2) is 28.0 Å². The standard InChI is InChI=1S/C22H24N4O3S2/c1-14-6-7-18-23-19(24-8-10-29-11-9-24)16(20(27)25(18)13-14)12-17-21(28)26(22(30)31-17)15-4-2-3-5-15/h6-7,12-13,15H,2-5,8-11H2,1H3. The van der Waals surface area contributed by atoms with E-state index in [1.54, 1.807) is 21.6 Å². The summed E-state index contributed by atoms with van der Waals surface area (Å²) in [5.74, 6) is 0.506. The molecule has 0 N–H and O–H groups in total. The van der Waals surface area contributed by atoms with Crippen LogP contribution in [0.5, 0.6) is 0 Å². The van der Waals surface area contributed by atoms with Gasteiger partial charge in [-0.1, -0.05) is 42.9 Å². The van der Waals surface area contributed by atoms with Crippen LogP contribution in [-0.2, 0) is 9.53 Å². The molecule has 7 nitrogen and oxygen atoms in total. The molecule has 4 heterocycles. The molecule has 2 saturated heterocycles. The molecule has 2 aromatic heterocycles. The quantitative estimate of drug-likeness (QED) is 0.520. The highest BCUT2D eigenvalue weighted by Crippen LogP contribution is 2.38. The molecule has 5 rings (SSSR count). The van der Waals surface area contributed by atoms with Crippen LogP contribution in [0, 0.1) is 6.92 Å². The first-order chi connectivity index (χ1) is 15.0. The van der Waals surface area contributed by atoms with Gasteiger partial charge in [-0.25, -0.2) is 4.98 Å². The van der Waals surface area contributed by atoms with Crippen molar-refractivity contribution in [2.75, 3.05) is 31.2 Å². The monoisotopic (exact) mass is 456 g/mol. The van der Waals surface area contributed by atoms with E-state index < -0.39 is 0 Å². The molecule has 3 aliphatic rings. The van der Waals surface area contributed by atoms with E-state index in [0.717, 1.165) is 31.2 Å². The smallest absolute Gasteiger partial charge is 0.267 e. The zero-order valence-corrected chi connectivity index (χ0v) is 19.0. The van der Waals surface area contributed by atoms with E-state index in [9.17, 15) is 9.59 Å². The van der Waals surface area contributed by atoms with E-state index in [4.69, 9.17) is 21.9 Å². The van der Waals surface area contributed by atoms with Crippen LogP contribution in [0.25, 0.3) is 11.7 Å². The van der Waals surface area contributed by atoms with Gasteiger partial charge in [0.25, 0.3) is 11.5 Å². The number of carbonyl (C=O) groups excluding carboxylic acids is 1. The van der Waals surface area contributed by atoms with Gasteiger partial charge in [-0.15, -0.1) is 0 Å². The van der Waals surface area contributed by atoms with Crippen molar-refractivity contribution in [1.82, 2.24) is 14.3 Å². The largest absolute Gasteiger partial charge is 0.378 e. The number of aromatic nitrogens is 2. The highest BCUT2D eigenvalue weighted by molar-refractivity contribution is 8.26. The number of hydrogen-bond acceptors (Lipinski definition) is 7. The minimum atomic E-state index is -0.179. The molecule has 0 aromatic carbocycles. The van der Waals surface area contributed by atoms with Crippen molar-refractivity contribution in [2.45, 2.75) is 38.6 Å². The Morgan fingerprint density at radius 3 is 2.68 bits per heavy atom. The highest BCUT2D eigenvalue weighted by Gasteiger charge is 2.38. The second-order valence-corrected chi connectivity index (χ2v) is 9.85. The van der Waals surface area contributed by atoms with Crippen LogP contribution in [0.3, 0.4) is 0 Å². The topological polar surface area (TPSA) is 67.2 Å². The van der Waals surface area contributed by atoms with E-state index in [2.05, 4.69) is 4.90 Å². The number of nitrogens with zero attached hydrogens (tertiary/aromatic N) is 4. The lowest BCUT2D eigenvalue weighted by molar-refractivity contribution is -0.123. The van der Waals surface area contributed by atoms with Gasteiger partial charge in [0.1, 0.15) is 15.8 Å². The van der Waals surface area contributed by atoms with Crippen molar-refractivity contribution in [2.24, 2.45) is 0 Å². The maximum Gasteiger partial charge on any atom is 0.267 e. The maximum atomic E-state index is 13.5. The fraction of sp³-hybridized carbons (Fsp3) is 0.455. The highest BCUT2D eigenvalue weighted by atomic mass is 32.2. The average molecular weight is 457 g/mol. The normalized spacial score (nSPS) is 21.8. The van der Waals surface area contributed by atoms with Gasteiger partial charge in [0, 0.05) is 25.3 Å². The Labute approximate surface area is 190 Å². The second kappa shape index (κ2) is 8.37. The lowest BCUT2D eigenvalue weighted by atomic mass is 10.2. The molecule has 0 bridgehead atoms. The van der Waals surface area contributed by atoms with Crippen LogP contribution in [0.2, 0.25) is 0 Å². The van der Waals surface area contributed by atoms with Crippen molar-refractivity contribution in [3.63, 3.8) is 0 Å². The summed E-state index contributed by atoms with van der Waals surface area (Å²) in [5, 5.41) is 0. The molecule has 1 aliphatic carbocycles. The Hall–Kier alpha value is -2.23. The van der Waals surface area contributed by atoms with Crippen LogP contribution in [0.4, 0.5) is 5.82 Å². The van der Waals surface area contributed by atoms with Gasteiger partial charge in [0.15, 0.2) is 0 Å². The third kappa shape index (κ3) is 3.79. The van der Waals surface area contributed by atoms with Crippen molar-refractivity contribution < 1.29 is 9.53 Å². The van der Waals surface area contributed by atoms with Crippen molar-refractivity contribution in [1.29, 1.82) is 0 Å². The maximum absolute atomic E-state index is 13.5. The van der Waals surface area contributed by atoms with Crippen molar-refractivity contribution in [3.8, 4) is 0 Å². The SMILES string of the molecule is Cc1ccc2nc(N3CCOCC3)c(C=C3SC(=S)N(C4CCCC4)C3=O)c(=O)n2c1. The molecule has 9 heteroatoms. The fourth-order valence-electron chi connectivity index (χ4n) is 4.48. The number of fused-ring (bicyclic) bond motifs is 1. The van der Waals surface area contributed by atoms with E-state index in [1.807, 2.05) is 19.1 Å². The Kier molecular flexibility index (Phi) is 5.58. The number of hydrogen-bond donors (Lipinski definition) is 0. The summed E-state index contributed by atoms with van der Waals surface area (Å²) in [7, 11) is 0. The molecule has 3 fully saturated rings. The molecule has 0 spiro atoms. The van der Waals surface area contributed by atoms with Gasteiger partial charge >= 0.3 is 0 Å². The summed E-state index contributed by atoms with van der Waals surface area (Å²) in [5.41, 5.74) is 1.81. The molecular formula is C22H24N4O3S2. The van der Waals surface area contributed by atoms with Gasteiger partial charge in [-0.2, -0.15) is 0 Å². The number of carbonyl (C=O) groups is 1. The molecule has 2 aliphatic heterocycles. The van der Waals surface area contributed by atoms with Gasteiger partial charge in [-0.05, 0) is 37.5 Å². The predicted octanol–water partition coefficient (Wildman–Crippen LogP) is 2.98. The molecule has 1 saturated carbocycles. The minimum absolute atomic E-state index is 0.0939. The Bertz CT molecular complexity index is 1150. The van der Waals surface area contributed by atoms with Crippen LogP contribution in [0.1, 0.15) is 36.8 Å². The summed E-state index contributed by atoms with van der Waals surface area (Å²) >= 11 is 6.82. The van der Waals surface area contributed by atoms with E-state index in [0.29, 0.717) is 52.6 Å². The zero-order valence-electron chi connectivity index (χ0n) is 17.4. The molecule has 1 amide bonds. The fourth-order valence-corrected chi connectivity index (χ4v) is 5.86. The van der Waals surface area contributed by atoms with Crippen LogP contribution in [-0.4, -0.2) is 56.9 Å². The second-order valence-electron chi connectivity index (χ2n) is 8.18. The Morgan fingerprint density at radius 1 is 1.19 bits per heavy atom. The molecular weight excluding hydrogens is 432 g/mol. The first-order valence-electron chi connectivity index (χ1n) is 10.7. The number of morpholine rings is 1. The summed E-state index contributed by atoms with van der Waals surface area (Å²) < 4.78 is 7.62. The van der Waals surface area contributed by atoms with E-state index in [-0.39, 0.29) is 17.5 Å². The number of ether oxygens (including phenoxy) is 1. The molecule has 2 aromatic rings. The number of aryl methyl sites for hydroxylation is 1. The van der Waals surface area contributed by atoms with Gasteiger partial charge in [0.05, 0.1) is 23.7 Å². The summed E-state index contributed by atoms with van der Waals surface area (Å²) in [6, 6.07) is 3.97. The number of pyridine rings is 1. The van der Waals surface area contributed by atoms with E-state index in [1.165, 1.54) is 11.8 Å². The van der Waals surface area contributed by atoms with Crippen molar-refractivity contribution >= 4 is 51.7 Å². The molecule has 31 heavy (non-hydrogen) atoms. The first kappa shape index (κ1) is 20.7. The number of rotatable bonds is 3. The predicted molar refractivity (Wildman–Crippen MR) is 126 cm³/mol. The lowest BCUT2D eigenvalue weighted by Crippen LogP contribution is -2.39. The zero-order chi connectivity index (χ0) is 21.5. The van der Waals surface area contributed by atoms with Crippen molar-refractivity contribution in [3.05, 3.63) is 44.7 Å². The third-order valence-electron chi connectivity index (χ3n) is 6.08. The average Bonchev–Trinajstić information content (AvgIpc) is 3.39. The van der Waals surface area contributed by atoms with Gasteiger partial charge in [-0.3, -0.25) is 18.9 Å². The third-order valence-corrected chi connectivity index (χ3v) is 7.42. The number of thioether (sulfide) groups is 1. The summed E-state index contributed by atoms with van der Waals surface area (Å²) in [4.78, 5) is 35.8. The minimum Gasteiger partial charge on any atom is -0.378 e. The number of thiocarbonyl (C=S) groups is 1. The van der Waals surface area contributed by atoms with E-state index >= 15 is 0 Å². The van der Waals surface area contributed by atoms with Gasteiger partial charge < -0.3 is 9.64 Å². The first-order valence-corrected chi connectivity index (χ1v) is 11.9. The number of amides is 1. The number of anilines is 1. The van der Waals surface area contributed by atoms with Gasteiger partial charge in [0.2, 0.25) is 0 Å². The molecule has 0 radical (unpaired) electrons.